The highest BCUT2D eigenvalue weighted by molar-refractivity contribution is 9.10. The third-order valence-electron chi connectivity index (χ3n) is 2.85. The Bertz CT molecular complexity index is 632. The summed E-state index contributed by atoms with van der Waals surface area (Å²) in [5.74, 6) is 7.51. The number of hydrogen-bond donors (Lipinski definition) is 3. The van der Waals surface area contributed by atoms with Crippen molar-refractivity contribution in [2.45, 2.75) is 20.3 Å². The Labute approximate surface area is 131 Å². The molecule has 0 radical (unpaired) electrons. The fourth-order valence-electron chi connectivity index (χ4n) is 1.71. The number of hydrogen-bond acceptors (Lipinski definition) is 5. The molecule has 1 aromatic heterocycles. The summed E-state index contributed by atoms with van der Waals surface area (Å²) in [6.45, 7) is 3.89. The van der Waals surface area contributed by atoms with Crippen LogP contribution in [0.2, 0.25) is 5.02 Å². The van der Waals surface area contributed by atoms with Gasteiger partial charge in [0, 0.05) is 12.0 Å². The first-order valence-electron chi connectivity index (χ1n) is 6.12. The highest BCUT2D eigenvalue weighted by Crippen LogP contribution is 2.33. The fourth-order valence-corrected chi connectivity index (χ4v) is 2.25. The fraction of sp³-hybridized carbons (Fsp3) is 0.231. The minimum atomic E-state index is 0.609. The predicted molar refractivity (Wildman–Crippen MR) is 86.4 cm³/mol. The number of anilines is 3. The van der Waals surface area contributed by atoms with Crippen LogP contribution < -0.4 is 16.6 Å². The van der Waals surface area contributed by atoms with Gasteiger partial charge in [-0.25, -0.2) is 15.8 Å². The topological polar surface area (TPSA) is 75.9 Å². The summed E-state index contributed by atoms with van der Waals surface area (Å²) in [7, 11) is 0. The van der Waals surface area contributed by atoms with Gasteiger partial charge in [0.05, 0.1) is 15.2 Å². The second-order valence-electron chi connectivity index (χ2n) is 4.19. The van der Waals surface area contributed by atoms with Crippen LogP contribution in [0.3, 0.4) is 0 Å². The Morgan fingerprint density at radius 1 is 1.30 bits per heavy atom. The van der Waals surface area contributed by atoms with Gasteiger partial charge in [-0.05, 0) is 35.0 Å². The van der Waals surface area contributed by atoms with Crippen LogP contribution in [0.4, 0.5) is 17.3 Å². The summed E-state index contributed by atoms with van der Waals surface area (Å²) < 4.78 is 0.792. The molecule has 20 heavy (non-hydrogen) atoms. The highest BCUT2D eigenvalue weighted by atomic mass is 79.9. The molecule has 1 aromatic carbocycles. The summed E-state index contributed by atoms with van der Waals surface area (Å²) in [6.07, 6.45) is 0.723. The van der Waals surface area contributed by atoms with Crippen LogP contribution in [0.1, 0.15) is 18.3 Å². The van der Waals surface area contributed by atoms with E-state index in [2.05, 4.69) is 36.6 Å². The SMILES string of the molecule is CCc1nc(NN)c(C)c(Nc2cccc(Cl)c2Br)n1. The molecule has 4 N–H and O–H groups in total. The van der Waals surface area contributed by atoms with Crippen LogP contribution in [-0.2, 0) is 6.42 Å². The van der Waals surface area contributed by atoms with E-state index in [0.29, 0.717) is 22.5 Å². The van der Waals surface area contributed by atoms with Crippen molar-refractivity contribution in [2.75, 3.05) is 10.7 Å². The van der Waals surface area contributed by atoms with Crippen LogP contribution in [0.5, 0.6) is 0 Å². The van der Waals surface area contributed by atoms with Gasteiger partial charge >= 0.3 is 0 Å². The number of nitrogens with zero attached hydrogens (tertiary/aromatic N) is 2. The van der Waals surface area contributed by atoms with E-state index in [1.54, 1.807) is 0 Å². The van der Waals surface area contributed by atoms with Gasteiger partial charge in [-0.2, -0.15) is 0 Å². The normalized spacial score (nSPS) is 10.4. The maximum Gasteiger partial charge on any atom is 0.148 e. The third kappa shape index (κ3) is 3.03. The van der Waals surface area contributed by atoms with Gasteiger partial charge in [-0.3, -0.25) is 0 Å². The van der Waals surface area contributed by atoms with Crippen LogP contribution in [0, 0.1) is 6.92 Å². The first-order valence-corrected chi connectivity index (χ1v) is 7.29. The molecule has 7 heteroatoms. The minimum absolute atomic E-state index is 0.609. The number of aromatic nitrogens is 2. The van der Waals surface area contributed by atoms with Gasteiger partial charge in [0.1, 0.15) is 17.5 Å². The van der Waals surface area contributed by atoms with Crippen molar-refractivity contribution in [1.82, 2.24) is 9.97 Å². The van der Waals surface area contributed by atoms with Crippen molar-refractivity contribution in [1.29, 1.82) is 0 Å². The molecule has 0 saturated carbocycles. The van der Waals surface area contributed by atoms with Gasteiger partial charge in [0.2, 0.25) is 0 Å². The summed E-state index contributed by atoms with van der Waals surface area (Å²) in [6, 6.07) is 5.60. The molecule has 2 aromatic rings. The largest absolute Gasteiger partial charge is 0.339 e. The summed E-state index contributed by atoms with van der Waals surface area (Å²) in [4.78, 5) is 8.81. The third-order valence-corrected chi connectivity index (χ3v) is 4.25. The van der Waals surface area contributed by atoms with E-state index >= 15 is 0 Å². The lowest BCUT2D eigenvalue weighted by Gasteiger charge is -2.14. The number of halogens is 2. The highest BCUT2D eigenvalue weighted by Gasteiger charge is 2.11. The lowest BCUT2D eigenvalue weighted by atomic mass is 10.2. The molecule has 0 aliphatic heterocycles. The number of benzene rings is 1. The maximum absolute atomic E-state index is 6.08. The van der Waals surface area contributed by atoms with Crippen molar-refractivity contribution in [3.63, 3.8) is 0 Å². The molecular formula is C13H15BrClN5. The Hall–Kier alpha value is -1.37. The first kappa shape index (κ1) is 15.0. The van der Waals surface area contributed by atoms with Gasteiger partial charge in [-0.15, -0.1) is 0 Å². The smallest absolute Gasteiger partial charge is 0.148 e. The number of nitrogens with two attached hydrogens (primary N) is 1. The number of nitrogen functional groups attached to an aromatic ring is 1. The van der Waals surface area contributed by atoms with E-state index in [1.165, 1.54) is 0 Å². The predicted octanol–water partition coefficient (Wildman–Crippen LogP) is 3.79. The second-order valence-corrected chi connectivity index (χ2v) is 5.39. The van der Waals surface area contributed by atoms with Crippen molar-refractivity contribution >= 4 is 44.9 Å². The molecule has 0 aliphatic carbocycles. The molecule has 0 spiro atoms. The molecule has 0 bridgehead atoms. The van der Waals surface area contributed by atoms with E-state index < -0.39 is 0 Å². The average Bonchev–Trinajstić information content (AvgIpc) is 2.45. The van der Waals surface area contributed by atoms with E-state index in [9.17, 15) is 0 Å². The van der Waals surface area contributed by atoms with E-state index in [-0.39, 0.29) is 0 Å². The molecule has 0 aliphatic rings. The van der Waals surface area contributed by atoms with Gasteiger partial charge in [0.25, 0.3) is 0 Å². The van der Waals surface area contributed by atoms with Crippen LogP contribution in [-0.4, -0.2) is 9.97 Å². The molecule has 1 heterocycles. The summed E-state index contributed by atoms with van der Waals surface area (Å²) in [5, 5.41) is 3.89. The van der Waals surface area contributed by atoms with Crippen molar-refractivity contribution in [3.8, 4) is 0 Å². The molecule has 5 nitrogen and oxygen atoms in total. The van der Waals surface area contributed by atoms with E-state index in [0.717, 1.165) is 22.1 Å². The quantitative estimate of drug-likeness (QED) is 0.574. The molecule has 0 atom stereocenters. The standard InChI is InChI=1S/C13H15BrClN5/c1-3-10-18-12(7(2)13(19-10)20-16)17-9-6-4-5-8(15)11(9)14/h4-6H,3,16H2,1-2H3,(H2,17,18,19,20). The Balaban J connectivity index is 2.45. The van der Waals surface area contributed by atoms with Crippen LogP contribution >= 0.6 is 27.5 Å². The molecule has 0 amide bonds. The minimum Gasteiger partial charge on any atom is -0.339 e. The first-order chi connectivity index (χ1) is 9.56. The lowest BCUT2D eigenvalue weighted by molar-refractivity contribution is 0.932. The zero-order valence-corrected chi connectivity index (χ0v) is 13.5. The van der Waals surface area contributed by atoms with Crippen LogP contribution in [0.25, 0.3) is 0 Å². The molecule has 0 unspecified atom stereocenters. The number of hydrazine groups is 1. The van der Waals surface area contributed by atoms with Crippen molar-refractivity contribution in [2.24, 2.45) is 5.84 Å². The molecule has 0 fully saturated rings. The van der Waals surface area contributed by atoms with Gasteiger partial charge in [-0.1, -0.05) is 24.6 Å². The number of nitrogens with one attached hydrogen (secondary N) is 2. The number of rotatable bonds is 4. The van der Waals surface area contributed by atoms with E-state index in [4.69, 9.17) is 17.4 Å². The molecule has 2 rings (SSSR count). The zero-order chi connectivity index (χ0) is 14.7. The second kappa shape index (κ2) is 6.39. The van der Waals surface area contributed by atoms with Crippen molar-refractivity contribution in [3.05, 3.63) is 39.1 Å². The molecule has 0 saturated heterocycles. The lowest BCUT2D eigenvalue weighted by Crippen LogP contribution is -2.14. The monoisotopic (exact) mass is 355 g/mol. The summed E-state index contributed by atoms with van der Waals surface area (Å²) >= 11 is 9.54. The van der Waals surface area contributed by atoms with Crippen LogP contribution in [0.15, 0.2) is 22.7 Å². The Morgan fingerprint density at radius 3 is 2.65 bits per heavy atom. The zero-order valence-electron chi connectivity index (χ0n) is 11.2. The number of aryl methyl sites for hydroxylation is 1. The Morgan fingerprint density at radius 2 is 2.00 bits per heavy atom. The molecular weight excluding hydrogens is 342 g/mol. The van der Waals surface area contributed by atoms with Gasteiger partial charge < -0.3 is 10.7 Å². The molecule has 106 valence electrons. The summed E-state index contributed by atoms with van der Waals surface area (Å²) in [5.41, 5.74) is 4.27. The Kier molecular flexibility index (Phi) is 4.80. The maximum atomic E-state index is 6.08. The van der Waals surface area contributed by atoms with Gasteiger partial charge in [0.15, 0.2) is 0 Å². The van der Waals surface area contributed by atoms with E-state index in [1.807, 2.05) is 32.0 Å². The average molecular weight is 357 g/mol. The van der Waals surface area contributed by atoms with Crippen molar-refractivity contribution < 1.29 is 0 Å².